The number of anilines is 2. The molecule has 0 saturated heterocycles. The van der Waals surface area contributed by atoms with E-state index < -0.39 is 6.10 Å². The molecule has 0 radical (unpaired) electrons. The number of amides is 1. The van der Waals surface area contributed by atoms with Crippen molar-refractivity contribution in [2.75, 3.05) is 23.8 Å². The Morgan fingerprint density at radius 3 is 2.67 bits per heavy atom. The molecule has 2 aromatic rings. The molecule has 108 valence electrons. The maximum atomic E-state index is 12.6. The van der Waals surface area contributed by atoms with Crippen LogP contribution in [-0.4, -0.2) is 25.6 Å². The van der Waals surface area contributed by atoms with Gasteiger partial charge in [0.2, 0.25) is 0 Å². The van der Waals surface area contributed by atoms with Crippen LogP contribution < -0.4 is 15.0 Å². The summed E-state index contributed by atoms with van der Waals surface area (Å²) in [6, 6.07) is 15.5. The molecule has 1 heterocycles. The Labute approximate surface area is 124 Å². The first-order chi connectivity index (χ1) is 10.1. The number of ether oxygens (including phenoxy) is 1. The molecular weight excluding hydrogens is 264 g/mol. The molecule has 1 unspecified atom stereocenters. The van der Waals surface area contributed by atoms with Crippen LogP contribution in [0.4, 0.5) is 11.4 Å². The Kier molecular flexibility index (Phi) is 3.52. The monoisotopic (exact) mass is 282 g/mol. The zero-order valence-corrected chi connectivity index (χ0v) is 12.2. The predicted octanol–water partition coefficient (Wildman–Crippen LogP) is 2.83. The SMILES string of the molecule is Cc1ccc(N(C)C(=O)C2CNc3ccccc3O2)cc1. The summed E-state index contributed by atoms with van der Waals surface area (Å²) in [6.07, 6.45) is -0.508. The first-order valence-corrected chi connectivity index (χ1v) is 6.99. The highest BCUT2D eigenvalue weighted by Crippen LogP contribution is 2.29. The number of rotatable bonds is 2. The highest BCUT2D eigenvalue weighted by Gasteiger charge is 2.28. The van der Waals surface area contributed by atoms with Crippen molar-refractivity contribution in [1.29, 1.82) is 0 Å². The van der Waals surface area contributed by atoms with Crippen LogP contribution in [0.1, 0.15) is 5.56 Å². The van der Waals surface area contributed by atoms with Crippen molar-refractivity contribution in [3.63, 3.8) is 0 Å². The summed E-state index contributed by atoms with van der Waals surface area (Å²) in [4.78, 5) is 14.2. The van der Waals surface area contributed by atoms with E-state index in [1.807, 2.05) is 55.5 Å². The number of hydrogen-bond acceptors (Lipinski definition) is 3. The van der Waals surface area contributed by atoms with Gasteiger partial charge in [0.15, 0.2) is 6.10 Å². The quantitative estimate of drug-likeness (QED) is 0.921. The molecule has 0 saturated carbocycles. The summed E-state index contributed by atoms with van der Waals surface area (Å²) in [5.41, 5.74) is 2.97. The normalized spacial score (nSPS) is 16.4. The lowest BCUT2D eigenvalue weighted by atomic mass is 10.2. The van der Waals surface area contributed by atoms with Crippen LogP contribution in [-0.2, 0) is 4.79 Å². The predicted molar refractivity (Wildman–Crippen MR) is 83.9 cm³/mol. The molecule has 0 aliphatic carbocycles. The van der Waals surface area contributed by atoms with Crippen molar-refractivity contribution < 1.29 is 9.53 Å². The number of hydrogen-bond donors (Lipinski definition) is 1. The lowest BCUT2D eigenvalue weighted by molar-refractivity contribution is -0.124. The van der Waals surface area contributed by atoms with Gasteiger partial charge in [-0.2, -0.15) is 0 Å². The lowest BCUT2D eigenvalue weighted by Gasteiger charge is -2.29. The van der Waals surface area contributed by atoms with Crippen molar-refractivity contribution in [3.8, 4) is 5.75 Å². The van der Waals surface area contributed by atoms with Gasteiger partial charge in [0.05, 0.1) is 12.2 Å². The average molecular weight is 282 g/mol. The fraction of sp³-hybridized carbons (Fsp3) is 0.235. The molecule has 0 bridgehead atoms. The molecule has 21 heavy (non-hydrogen) atoms. The molecule has 4 heteroatoms. The molecule has 3 rings (SSSR count). The Bertz CT molecular complexity index is 652. The largest absolute Gasteiger partial charge is 0.477 e. The second kappa shape index (κ2) is 5.48. The number of likely N-dealkylation sites (N-methyl/N-ethyl adjacent to an activating group) is 1. The molecular formula is C17H18N2O2. The van der Waals surface area contributed by atoms with Gasteiger partial charge in [-0.1, -0.05) is 29.8 Å². The van der Waals surface area contributed by atoms with Crippen LogP contribution in [0.2, 0.25) is 0 Å². The van der Waals surface area contributed by atoms with E-state index in [0.29, 0.717) is 6.54 Å². The lowest BCUT2D eigenvalue weighted by Crippen LogP contribution is -2.45. The van der Waals surface area contributed by atoms with Crippen LogP contribution in [0.25, 0.3) is 0 Å². The van der Waals surface area contributed by atoms with Gasteiger partial charge in [0.1, 0.15) is 5.75 Å². The Morgan fingerprint density at radius 1 is 1.19 bits per heavy atom. The fourth-order valence-corrected chi connectivity index (χ4v) is 2.36. The van der Waals surface area contributed by atoms with E-state index in [0.717, 1.165) is 17.1 Å². The minimum Gasteiger partial charge on any atom is -0.477 e. The third-order valence-electron chi connectivity index (χ3n) is 3.66. The molecule has 0 fully saturated rings. The number of carbonyl (C=O) groups is 1. The fourth-order valence-electron chi connectivity index (χ4n) is 2.36. The molecule has 1 N–H and O–H groups in total. The molecule has 0 aromatic heterocycles. The van der Waals surface area contributed by atoms with E-state index in [4.69, 9.17) is 4.74 Å². The molecule has 1 amide bonds. The summed E-state index contributed by atoms with van der Waals surface area (Å²) in [5.74, 6) is 0.667. The summed E-state index contributed by atoms with van der Waals surface area (Å²) in [5, 5.41) is 3.24. The van der Waals surface area contributed by atoms with E-state index in [1.165, 1.54) is 5.56 Å². The van der Waals surface area contributed by atoms with E-state index in [2.05, 4.69) is 5.32 Å². The Hall–Kier alpha value is -2.49. The van der Waals surface area contributed by atoms with Crippen molar-refractivity contribution in [2.45, 2.75) is 13.0 Å². The van der Waals surface area contributed by atoms with Crippen LogP contribution in [0.3, 0.4) is 0 Å². The molecule has 1 aliphatic rings. The van der Waals surface area contributed by atoms with Gasteiger partial charge in [0, 0.05) is 12.7 Å². The van der Waals surface area contributed by atoms with Crippen LogP contribution in [0, 0.1) is 6.92 Å². The topological polar surface area (TPSA) is 41.6 Å². The van der Waals surface area contributed by atoms with Gasteiger partial charge in [-0.05, 0) is 31.2 Å². The number of benzene rings is 2. The smallest absolute Gasteiger partial charge is 0.269 e. The van der Waals surface area contributed by atoms with Crippen LogP contribution in [0.15, 0.2) is 48.5 Å². The second-order valence-electron chi connectivity index (χ2n) is 5.22. The first kappa shape index (κ1) is 13.5. The maximum absolute atomic E-state index is 12.6. The highest BCUT2D eigenvalue weighted by atomic mass is 16.5. The van der Waals surface area contributed by atoms with Gasteiger partial charge in [-0.3, -0.25) is 4.79 Å². The summed E-state index contributed by atoms with van der Waals surface area (Å²) in [7, 11) is 1.77. The standard InChI is InChI=1S/C17H18N2O2/c1-12-7-9-13(10-8-12)19(2)17(20)16-11-18-14-5-3-4-6-15(14)21-16/h3-10,16,18H,11H2,1-2H3. The number of fused-ring (bicyclic) bond motifs is 1. The van der Waals surface area contributed by atoms with Crippen molar-refractivity contribution >= 4 is 17.3 Å². The van der Waals surface area contributed by atoms with Gasteiger partial charge in [-0.25, -0.2) is 0 Å². The highest BCUT2D eigenvalue weighted by molar-refractivity contribution is 5.97. The number of nitrogens with zero attached hydrogens (tertiary/aromatic N) is 1. The molecule has 1 aliphatic heterocycles. The zero-order chi connectivity index (χ0) is 14.8. The molecule has 4 nitrogen and oxygen atoms in total. The molecule has 1 atom stereocenters. The molecule has 0 spiro atoms. The summed E-state index contributed by atoms with van der Waals surface area (Å²) < 4.78 is 5.81. The number of aryl methyl sites for hydroxylation is 1. The Balaban J connectivity index is 1.75. The van der Waals surface area contributed by atoms with Crippen LogP contribution >= 0.6 is 0 Å². The third-order valence-corrected chi connectivity index (χ3v) is 3.66. The van der Waals surface area contributed by atoms with Crippen molar-refractivity contribution in [2.24, 2.45) is 0 Å². The zero-order valence-electron chi connectivity index (χ0n) is 12.2. The second-order valence-corrected chi connectivity index (χ2v) is 5.22. The molecule has 2 aromatic carbocycles. The van der Waals surface area contributed by atoms with E-state index in [9.17, 15) is 4.79 Å². The van der Waals surface area contributed by atoms with Gasteiger partial charge < -0.3 is 15.0 Å². The van der Waals surface area contributed by atoms with Gasteiger partial charge in [0.25, 0.3) is 5.91 Å². The van der Waals surface area contributed by atoms with E-state index in [-0.39, 0.29) is 5.91 Å². The van der Waals surface area contributed by atoms with Gasteiger partial charge >= 0.3 is 0 Å². The van der Waals surface area contributed by atoms with E-state index in [1.54, 1.807) is 11.9 Å². The maximum Gasteiger partial charge on any atom is 0.269 e. The summed E-state index contributed by atoms with van der Waals surface area (Å²) >= 11 is 0. The minimum atomic E-state index is -0.508. The van der Waals surface area contributed by atoms with Crippen molar-refractivity contribution in [3.05, 3.63) is 54.1 Å². The third kappa shape index (κ3) is 2.70. The summed E-state index contributed by atoms with van der Waals surface area (Å²) in [6.45, 7) is 2.50. The van der Waals surface area contributed by atoms with Crippen LogP contribution in [0.5, 0.6) is 5.75 Å². The van der Waals surface area contributed by atoms with E-state index >= 15 is 0 Å². The number of para-hydroxylation sites is 2. The van der Waals surface area contributed by atoms with Gasteiger partial charge in [-0.15, -0.1) is 0 Å². The number of carbonyl (C=O) groups excluding carboxylic acids is 1. The average Bonchev–Trinajstić information content (AvgIpc) is 2.54. The Morgan fingerprint density at radius 2 is 1.90 bits per heavy atom. The first-order valence-electron chi connectivity index (χ1n) is 6.99. The minimum absolute atomic E-state index is 0.0548. The number of nitrogens with one attached hydrogen (secondary N) is 1. The van der Waals surface area contributed by atoms with Crippen molar-refractivity contribution in [1.82, 2.24) is 0 Å².